The van der Waals surface area contributed by atoms with Crippen LogP contribution in [0.25, 0.3) is 156 Å². The van der Waals surface area contributed by atoms with Gasteiger partial charge in [-0.15, -0.1) is 0 Å². The van der Waals surface area contributed by atoms with E-state index in [1.54, 1.807) is 0 Å². The number of nitrogens with zero attached hydrogens (tertiary/aromatic N) is 10. The molecule has 0 radical (unpaired) electrons. The van der Waals surface area contributed by atoms with Crippen LogP contribution >= 0.6 is 0 Å². The van der Waals surface area contributed by atoms with Gasteiger partial charge in [0.25, 0.3) is 0 Å². The van der Waals surface area contributed by atoms with E-state index < -0.39 is 0 Å². The van der Waals surface area contributed by atoms with Crippen LogP contribution < -0.4 is 14.2 Å². The smallest absolute Gasteiger partial charge is 0.164 e. The summed E-state index contributed by atoms with van der Waals surface area (Å²) in [6.07, 6.45) is 2.50. The molecular formula is C96H68N10O3. The van der Waals surface area contributed by atoms with Gasteiger partial charge in [-0.2, -0.15) is 0 Å². The first kappa shape index (κ1) is 64.3. The number of aromatic nitrogens is 10. The van der Waals surface area contributed by atoms with Crippen molar-refractivity contribution in [3.05, 3.63) is 339 Å². The standard InChI is InChI=1S/C33H23N3O.C33H24N2O.C30H21N5O/c1-2-32-34-26-19-22(20-31-33(26)36(32)29-13-7-8-14-30(29)37-31)21-15-17-23(18-16-21)35-27-11-5-3-9-24(27)25-10-4-6-12-28(25)35;1-2-32-34-28-20-27(21-31-33(28)35(32)29-15-9-10-16-30(29)36-31)26-18-24(22-11-5-3-6-12-22)17-25(19-26)23-13-7-4-8-14-23;1-2-26-31-22-17-21(18-25-27(22)35(26)23-15-9-10-16-24(23)36-25)30-33-28(19-11-5-3-6-12-19)32-29(34-30)20-13-7-4-8-14-20/h3-20H,2H2,1H3;3-21H,2H2,1H3;3-18H,2H2,1H3. The third-order valence-corrected chi connectivity index (χ3v) is 20.8. The van der Waals surface area contributed by atoms with Crippen molar-refractivity contribution in [1.29, 1.82) is 0 Å². The van der Waals surface area contributed by atoms with E-state index in [9.17, 15) is 0 Å². The lowest BCUT2D eigenvalue weighted by atomic mass is 9.93. The summed E-state index contributed by atoms with van der Waals surface area (Å²) >= 11 is 0. The molecule has 0 atom stereocenters. The van der Waals surface area contributed by atoms with Gasteiger partial charge < -0.3 is 18.8 Å². The van der Waals surface area contributed by atoms with Crippen molar-refractivity contribution < 1.29 is 14.2 Å². The van der Waals surface area contributed by atoms with Crippen molar-refractivity contribution in [3.8, 4) is 136 Å². The first-order chi connectivity index (χ1) is 53.9. The molecule has 14 aromatic carbocycles. The van der Waals surface area contributed by atoms with Crippen molar-refractivity contribution in [2.45, 2.75) is 40.0 Å². The number of imidazole rings is 3. The molecule has 13 heteroatoms. The largest absolute Gasteiger partial charge is 0.453 e. The quantitative estimate of drug-likeness (QED) is 0.124. The van der Waals surface area contributed by atoms with E-state index in [-0.39, 0.29) is 0 Å². The minimum atomic E-state index is 0.580. The molecule has 13 nitrogen and oxygen atoms in total. The van der Waals surface area contributed by atoms with Crippen LogP contribution in [0.15, 0.2) is 322 Å². The number of aryl methyl sites for hydroxylation is 3. The minimum Gasteiger partial charge on any atom is -0.453 e. The van der Waals surface area contributed by atoms with E-state index in [4.69, 9.17) is 44.1 Å². The van der Waals surface area contributed by atoms with E-state index in [1.807, 2.05) is 127 Å². The van der Waals surface area contributed by atoms with Crippen molar-refractivity contribution in [1.82, 2.24) is 48.2 Å². The molecular weight excluding hydrogens is 1340 g/mol. The molecule has 520 valence electrons. The Hall–Kier alpha value is -14.3. The topological polar surface area (TPSA) is 125 Å². The number of para-hydroxylation sites is 8. The lowest BCUT2D eigenvalue weighted by molar-refractivity contribution is 0.474. The van der Waals surface area contributed by atoms with E-state index in [1.165, 1.54) is 44.1 Å². The second kappa shape index (κ2) is 26.7. The maximum absolute atomic E-state index is 6.44. The average Bonchev–Trinajstić information content (AvgIpc) is 1.63. The van der Waals surface area contributed by atoms with Crippen LogP contribution in [0.5, 0.6) is 34.5 Å². The summed E-state index contributed by atoms with van der Waals surface area (Å²) in [5.74, 6) is 9.89. The Kier molecular flexibility index (Phi) is 15.7. The Labute approximate surface area is 628 Å². The van der Waals surface area contributed by atoms with Crippen molar-refractivity contribution >= 4 is 54.9 Å². The predicted octanol–water partition coefficient (Wildman–Crippen LogP) is 24.0. The molecule has 0 N–H and O–H groups in total. The van der Waals surface area contributed by atoms with Crippen LogP contribution in [0.4, 0.5) is 0 Å². The van der Waals surface area contributed by atoms with Gasteiger partial charge in [-0.1, -0.05) is 227 Å². The number of hydrogen-bond donors (Lipinski definition) is 0. The molecule has 109 heavy (non-hydrogen) atoms. The highest BCUT2D eigenvalue weighted by molar-refractivity contribution is 6.09. The third kappa shape index (κ3) is 11.2. The second-order valence-electron chi connectivity index (χ2n) is 27.4. The van der Waals surface area contributed by atoms with Crippen molar-refractivity contribution in [2.24, 2.45) is 0 Å². The Morgan fingerprint density at radius 2 is 0.523 bits per heavy atom. The van der Waals surface area contributed by atoms with Gasteiger partial charge in [0.05, 0.1) is 44.6 Å². The minimum absolute atomic E-state index is 0.580. The molecule has 0 amide bonds. The summed E-state index contributed by atoms with van der Waals surface area (Å²) in [6.45, 7) is 6.42. The molecule has 0 bridgehead atoms. The zero-order chi connectivity index (χ0) is 72.6. The van der Waals surface area contributed by atoms with Gasteiger partial charge in [0, 0.05) is 52.4 Å². The molecule has 3 aliphatic rings. The van der Waals surface area contributed by atoms with Crippen molar-refractivity contribution in [2.75, 3.05) is 0 Å². The van der Waals surface area contributed by atoms with Crippen LogP contribution in [-0.2, 0) is 19.3 Å². The van der Waals surface area contributed by atoms with Crippen LogP contribution in [0.1, 0.15) is 38.2 Å². The summed E-state index contributed by atoms with van der Waals surface area (Å²) in [5.41, 5.74) is 24.5. The van der Waals surface area contributed by atoms with Gasteiger partial charge in [-0.05, 0) is 160 Å². The zero-order valence-corrected chi connectivity index (χ0v) is 59.9. The molecule has 3 aliphatic heterocycles. The Bertz CT molecular complexity index is 6330. The van der Waals surface area contributed by atoms with E-state index in [2.05, 4.69) is 233 Å². The van der Waals surface area contributed by atoms with Crippen LogP contribution in [0.3, 0.4) is 0 Å². The Balaban J connectivity index is 0.000000107. The van der Waals surface area contributed by atoms with E-state index in [0.29, 0.717) is 17.5 Å². The molecule has 0 saturated heterocycles. The number of rotatable bonds is 11. The Morgan fingerprint density at radius 1 is 0.229 bits per heavy atom. The molecule has 5 aromatic heterocycles. The molecule has 0 aliphatic carbocycles. The molecule has 19 aromatic rings. The number of ether oxygens (including phenoxy) is 3. The van der Waals surface area contributed by atoms with E-state index in [0.717, 1.165) is 166 Å². The van der Waals surface area contributed by atoms with Gasteiger partial charge in [-0.25, -0.2) is 29.9 Å². The molecule has 22 rings (SSSR count). The van der Waals surface area contributed by atoms with Gasteiger partial charge in [0.2, 0.25) is 0 Å². The van der Waals surface area contributed by atoms with Crippen LogP contribution in [0, 0.1) is 0 Å². The predicted molar refractivity (Wildman–Crippen MR) is 437 cm³/mol. The summed E-state index contributed by atoms with van der Waals surface area (Å²) in [7, 11) is 0. The highest BCUT2D eigenvalue weighted by atomic mass is 16.5. The maximum atomic E-state index is 6.44. The average molecular weight is 1410 g/mol. The highest BCUT2D eigenvalue weighted by Gasteiger charge is 2.29. The summed E-state index contributed by atoms with van der Waals surface area (Å²) in [4.78, 5) is 29.6. The number of benzene rings is 14. The second-order valence-corrected chi connectivity index (χ2v) is 27.4. The molecule has 0 unspecified atom stereocenters. The van der Waals surface area contributed by atoms with Gasteiger partial charge >= 0.3 is 0 Å². The highest BCUT2D eigenvalue weighted by Crippen LogP contribution is 2.48. The summed E-state index contributed by atoms with van der Waals surface area (Å²) < 4.78 is 28.2. The molecule has 0 saturated carbocycles. The zero-order valence-electron chi connectivity index (χ0n) is 59.9. The van der Waals surface area contributed by atoms with Gasteiger partial charge in [0.1, 0.15) is 34.0 Å². The SMILES string of the molecule is CCc1nc2cc(-c3cc(-c4ccccc4)cc(-c4ccccc4)c3)cc3c2n1-c1ccccc1O3.CCc1nc2cc(-c3ccc(-n4c5ccccc5c5ccccc54)cc3)cc3c2n1-c1ccccc1O3.CCc1nc2cc(-c3nc(-c4ccccc4)nc(-c4ccccc4)n3)cc3c2n1-c1ccccc1O3. The molecule has 0 spiro atoms. The van der Waals surface area contributed by atoms with Crippen molar-refractivity contribution in [3.63, 3.8) is 0 Å². The monoisotopic (exact) mass is 1410 g/mol. The normalized spacial score (nSPS) is 12.0. The fraction of sp³-hybridized carbons (Fsp3) is 0.0625. The first-order valence-electron chi connectivity index (χ1n) is 37.1. The van der Waals surface area contributed by atoms with Crippen LogP contribution in [0.2, 0.25) is 0 Å². The summed E-state index contributed by atoms with van der Waals surface area (Å²) in [6, 6.07) is 111. The third-order valence-electron chi connectivity index (χ3n) is 20.8. The Morgan fingerprint density at radius 3 is 0.917 bits per heavy atom. The first-order valence-corrected chi connectivity index (χ1v) is 37.1. The fourth-order valence-corrected chi connectivity index (χ4v) is 15.7. The summed E-state index contributed by atoms with van der Waals surface area (Å²) in [5, 5.41) is 2.54. The van der Waals surface area contributed by atoms with E-state index >= 15 is 0 Å². The lowest BCUT2D eigenvalue weighted by Crippen LogP contribution is -2.07. The molecule has 8 heterocycles. The van der Waals surface area contributed by atoms with Gasteiger partial charge in [-0.3, -0.25) is 13.7 Å². The number of fused-ring (bicyclic) bond motifs is 9. The van der Waals surface area contributed by atoms with Gasteiger partial charge in [0.15, 0.2) is 52.0 Å². The maximum Gasteiger partial charge on any atom is 0.164 e. The lowest BCUT2D eigenvalue weighted by Gasteiger charge is -2.21. The number of hydrogen-bond acceptors (Lipinski definition) is 9. The molecule has 0 fully saturated rings. The fourth-order valence-electron chi connectivity index (χ4n) is 15.7. The van der Waals surface area contributed by atoms with Crippen LogP contribution in [-0.4, -0.2) is 48.2 Å².